The molecular formula is C34H38N2O6S3. The highest BCUT2D eigenvalue weighted by atomic mass is 32.2. The minimum atomic E-state index is -3.94. The number of para-hydroxylation sites is 1. The predicted octanol–water partition coefficient (Wildman–Crippen LogP) is 6.63. The van der Waals surface area contributed by atoms with E-state index in [9.17, 15) is 21.6 Å². The van der Waals surface area contributed by atoms with Gasteiger partial charge in [-0.1, -0.05) is 81.4 Å². The zero-order chi connectivity index (χ0) is 32.2. The van der Waals surface area contributed by atoms with Gasteiger partial charge in [-0.2, -0.15) is 4.31 Å². The van der Waals surface area contributed by atoms with Crippen LogP contribution in [0.15, 0.2) is 99.4 Å². The van der Waals surface area contributed by atoms with Crippen molar-refractivity contribution in [3.63, 3.8) is 0 Å². The van der Waals surface area contributed by atoms with E-state index in [0.29, 0.717) is 31.2 Å². The standard InChI is InChI=1S/C34H38N2O6S3/c1-24(2)26-15-17-27(18-16-26)28-9-6-11-30(21-28)45(40,41)36-19-7-10-29(22-36)31-12-4-5-13-32(31)42-23-25(3)34(37)35-44(38,39)33-14-8-20-43-33/h4-6,8-9,11-18,20-21,24-25,29H,7,10,19,22-23H2,1-3H3,(H,35,37). The van der Waals surface area contributed by atoms with Gasteiger partial charge in [0.15, 0.2) is 0 Å². The van der Waals surface area contributed by atoms with E-state index in [1.165, 1.54) is 11.6 Å². The highest BCUT2D eigenvalue weighted by Gasteiger charge is 2.32. The summed E-state index contributed by atoms with van der Waals surface area (Å²) in [5, 5.41) is 1.63. The van der Waals surface area contributed by atoms with Crippen LogP contribution in [0.4, 0.5) is 0 Å². The fraction of sp³-hybridized carbons (Fsp3) is 0.324. The Morgan fingerprint density at radius 2 is 1.69 bits per heavy atom. The third-order valence-corrected chi connectivity index (χ3v) is 12.7. The summed E-state index contributed by atoms with van der Waals surface area (Å²) in [6.45, 7) is 6.56. The SMILES string of the molecule is CC(COc1ccccc1C1CCCN(S(=O)(=O)c2cccc(-c3ccc(C(C)C)cc3)c2)C1)C(=O)NS(=O)(=O)c1cccs1. The summed E-state index contributed by atoms with van der Waals surface area (Å²) in [5.74, 6) is -0.551. The molecule has 8 nitrogen and oxygen atoms in total. The van der Waals surface area contributed by atoms with E-state index in [-0.39, 0.29) is 21.6 Å². The highest BCUT2D eigenvalue weighted by Crippen LogP contribution is 2.36. The number of sulfonamides is 2. The van der Waals surface area contributed by atoms with Gasteiger partial charge in [-0.25, -0.2) is 21.6 Å². The lowest BCUT2D eigenvalue weighted by Crippen LogP contribution is -2.39. The van der Waals surface area contributed by atoms with Crippen molar-refractivity contribution in [3.8, 4) is 16.9 Å². The molecule has 1 aromatic heterocycles. The molecule has 5 rings (SSSR count). The third kappa shape index (κ3) is 7.66. The van der Waals surface area contributed by atoms with Gasteiger partial charge < -0.3 is 4.74 Å². The molecule has 0 bridgehead atoms. The number of carbonyl (C=O) groups excluding carboxylic acids is 1. The van der Waals surface area contributed by atoms with Crippen molar-refractivity contribution in [3.05, 3.63) is 101 Å². The number of amides is 1. The first-order chi connectivity index (χ1) is 21.5. The van der Waals surface area contributed by atoms with Crippen LogP contribution in [0.25, 0.3) is 11.1 Å². The Hall–Kier alpha value is -3.51. The van der Waals surface area contributed by atoms with Crippen LogP contribution in [-0.4, -0.2) is 46.7 Å². The summed E-state index contributed by atoms with van der Waals surface area (Å²) in [5.41, 5.74) is 3.90. The van der Waals surface area contributed by atoms with Crippen LogP contribution in [0.3, 0.4) is 0 Å². The second-order valence-electron chi connectivity index (χ2n) is 11.7. The van der Waals surface area contributed by atoms with Crippen molar-refractivity contribution in [2.45, 2.75) is 54.6 Å². The van der Waals surface area contributed by atoms with Crippen LogP contribution >= 0.6 is 11.3 Å². The summed E-state index contributed by atoms with van der Waals surface area (Å²) in [4.78, 5) is 12.9. The van der Waals surface area contributed by atoms with Crippen LogP contribution in [0, 0.1) is 5.92 Å². The zero-order valence-corrected chi connectivity index (χ0v) is 28.0. The molecule has 45 heavy (non-hydrogen) atoms. The molecule has 4 aromatic rings. The molecule has 2 unspecified atom stereocenters. The van der Waals surface area contributed by atoms with Gasteiger partial charge in [0.25, 0.3) is 10.0 Å². The van der Waals surface area contributed by atoms with Crippen molar-refractivity contribution in [2.24, 2.45) is 5.92 Å². The van der Waals surface area contributed by atoms with Crippen molar-refractivity contribution in [1.29, 1.82) is 0 Å². The molecule has 1 aliphatic rings. The minimum Gasteiger partial charge on any atom is -0.492 e. The van der Waals surface area contributed by atoms with Crippen LogP contribution in [-0.2, 0) is 24.8 Å². The van der Waals surface area contributed by atoms with E-state index < -0.39 is 31.9 Å². The number of piperidine rings is 1. The van der Waals surface area contributed by atoms with E-state index in [1.807, 2.05) is 36.4 Å². The summed E-state index contributed by atoms with van der Waals surface area (Å²) in [6, 6.07) is 25.8. The topological polar surface area (TPSA) is 110 Å². The molecule has 1 aliphatic heterocycles. The van der Waals surface area contributed by atoms with Gasteiger partial charge in [0.05, 0.1) is 17.4 Å². The van der Waals surface area contributed by atoms with Crippen molar-refractivity contribution in [1.82, 2.24) is 9.03 Å². The average Bonchev–Trinajstić information content (AvgIpc) is 3.60. The van der Waals surface area contributed by atoms with Crippen molar-refractivity contribution in [2.75, 3.05) is 19.7 Å². The lowest BCUT2D eigenvalue weighted by molar-refractivity contribution is -0.123. The Kier molecular flexibility index (Phi) is 10.1. The monoisotopic (exact) mass is 666 g/mol. The van der Waals surface area contributed by atoms with Gasteiger partial charge in [-0.15, -0.1) is 11.3 Å². The second-order valence-corrected chi connectivity index (χ2v) is 16.5. The summed E-state index contributed by atoms with van der Waals surface area (Å²) in [6.07, 6.45) is 1.47. The maximum Gasteiger partial charge on any atom is 0.273 e. The number of hydrogen-bond acceptors (Lipinski definition) is 7. The summed E-state index contributed by atoms with van der Waals surface area (Å²) < 4.78 is 62.5. The first kappa shape index (κ1) is 32.9. The minimum absolute atomic E-state index is 0.0392. The fourth-order valence-corrected chi connectivity index (χ4v) is 9.04. The molecule has 1 amide bonds. The number of nitrogens with zero attached hydrogens (tertiary/aromatic N) is 1. The molecule has 1 saturated heterocycles. The molecular weight excluding hydrogens is 629 g/mol. The smallest absolute Gasteiger partial charge is 0.273 e. The Morgan fingerprint density at radius 3 is 2.40 bits per heavy atom. The van der Waals surface area contributed by atoms with E-state index in [4.69, 9.17) is 4.74 Å². The zero-order valence-electron chi connectivity index (χ0n) is 25.5. The van der Waals surface area contributed by atoms with E-state index in [2.05, 4.69) is 30.7 Å². The highest BCUT2D eigenvalue weighted by molar-refractivity contribution is 7.92. The molecule has 0 aliphatic carbocycles. The Labute approximate surface area is 270 Å². The average molecular weight is 667 g/mol. The molecule has 2 atom stereocenters. The Balaban J connectivity index is 1.27. The van der Waals surface area contributed by atoms with Crippen molar-refractivity contribution >= 4 is 37.3 Å². The first-order valence-electron chi connectivity index (χ1n) is 15.0. The van der Waals surface area contributed by atoms with Crippen LogP contribution in [0.1, 0.15) is 56.6 Å². The number of rotatable bonds is 11. The Bertz CT molecular complexity index is 1840. The summed E-state index contributed by atoms with van der Waals surface area (Å²) in [7, 11) is -7.69. The number of carbonyl (C=O) groups is 1. The second kappa shape index (κ2) is 13.9. The normalized spacial score (nSPS) is 16.8. The molecule has 0 saturated carbocycles. The van der Waals surface area contributed by atoms with Gasteiger partial charge in [-0.05, 0) is 70.7 Å². The van der Waals surface area contributed by atoms with Gasteiger partial charge in [0.2, 0.25) is 15.9 Å². The molecule has 1 N–H and O–H groups in total. The van der Waals surface area contributed by atoms with Crippen LogP contribution in [0.5, 0.6) is 5.75 Å². The predicted molar refractivity (Wildman–Crippen MR) is 177 cm³/mol. The summed E-state index contributed by atoms with van der Waals surface area (Å²) >= 11 is 1.03. The van der Waals surface area contributed by atoms with Crippen LogP contribution < -0.4 is 9.46 Å². The number of thiophene rings is 1. The van der Waals surface area contributed by atoms with E-state index in [0.717, 1.165) is 34.4 Å². The van der Waals surface area contributed by atoms with Crippen molar-refractivity contribution < 1.29 is 26.4 Å². The van der Waals surface area contributed by atoms with Crippen LogP contribution in [0.2, 0.25) is 0 Å². The van der Waals surface area contributed by atoms with Gasteiger partial charge in [0, 0.05) is 19.0 Å². The quantitative estimate of drug-likeness (QED) is 0.193. The molecule has 0 radical (unpaired) electrons. The number of benzene rings is 3. The third-order valence-electron chi connectivity index (χ3n) is 8.06. The molecule has 1 fully saturated rings. The lowest BCUT2D eigenvalue weighted by Gasteiger charge is -2.33. The molecule has 3 aromatic carbocycles. The maximum atomic E-state index is 13.9. The van der Waals surface area contributed by atoms with E-state index >= 15 is 0 Å². The van der Waals surface area contributed by atoms with Gasteiger partial charge >= 0.3 is 0 Å². The Morgan fingerprint density at radius 1 is 0.933 bits per heavy atom. The molecule has 2 heterocycles. The molecule has 0 spiro atoms. The van der Waals surface area contributed by atoms with E-state index in [1.54, 1.807) is 46.9 Å². The largest absolute Gasteiger partial charge is 0.492 e. The number of hydrogen-bond donors (Lipinski definition) is 1. The molecule has 238 valence electrons. The first-order valence-corrected chi connectivity index (χ1v) is 18.8. The van der Waals surface area contributed by atoms with Gasteiger partial charge in [-0.3, -0.25) is 4.79 Å². The number of nitrogens with one attached hydrogen (secondary N) is 1. The fourth-order valence-electron chi connectivity index (χ4n) is 5.40. The lowest BCUT2D eigenvalue weighted by atomic mass is 9.91. The van der Waals surface area contributed by atoms with Gasteiger partial charge in [0.1, 0.15) is 9.96 Å². The molecule has 11 heteroatoms. The number of ether oxygens (including phenoxy) is 1. The maximum absolute atomic E-state index is 13.9.